The molecule has 1 aromatic rings. The highest BCUT2D eigenvalue weighted by atomic mass is 35.5. The van der Waals surface area contributed by atoms with Gasteiger partial charge in [0.05, 0.1) is 0 Å². The molecule has 0 saturated heterocycles. The Morgan fingerprint density at radius 1 is 1.24 bits per heavy atom. The molecule has 0 fully saturated rings. The summed E-state index contributed by atoms with van der Waals surface area (Å²) in [6, 6.07) is 8.42. The molecule has 17 heavy (non-hydrogen) atoms. The van der Waals surface area contributed by atoms with Crippen molar-refractivity contribution >= 4 is 11.6 Å². The number of nitrogens with one attached hydrogen (secondary N) is 1. The molecule has 0 amide bonds. The smallest absolute Gasteiger partial charge is 0.0453 e. The molecule has 0 spiro atoms. The second-order valence-corrected chi connectivity index (χ2v) is 4.59. The van der Waals surface area contributed by atoms with Crippen LogP contribution in [0, 0.1) is 0 Å². The van der Waals surface area contributed by atoms with Gasteiger partial charge >= 0.3 is 0 Å². The highest BCUT2D eigenvalue weighted by molar-refractivity contribution is 6.31. The Labute approximate surface area is 110 Å². The van der Waals surface area contributed by atoms with Crippen LogP contribution in [0.25, 0.3) is 0 Å². The van der Waals surface area contributed by atoms with Crippen LogP contribution in [0.3, 0.4) is 0 Å². The second kappa shape index (κ2) is 7.70. The van der Waals surface area contributed by atoms with Crippen molar-refractivity contribution in [3.05, 3.63) is 34.9 Å². The highest BCUT2D eigenvalue weighted by Gasteiger charge is 2.13. The Kier molecular flexibility index (Phi) is 6.56. The number of halogens is 1. The monoisotopic (exact) mass is 254 g/mol. The number of hydrogen-bond acceptors (Lipinski definition) is 2. The van der Waals surface area contributed by atoms with Crippen molar-refractivity contribution in [2.45, 2.75) is 26.3 Å². The van der Waals surface area contributed by atoms with Crippen LogP contribution < -0.4 is 5.32 Å². The summed E-state index contributed by atoms with van der Waals surface area (Å²) >= 11 is 6.23. The summed E-state index contributed by atoms with van der Waals surface area (Å²) in [4.78, 5) is 2.43. The number of nitrogens with zero attached hydrogens (tertiary/aromatic N) is 1. The van der Waals surface area contributed by atoms with Gasteiger partial charge in [0.15, 0.2) is 0 Å². The number of benzene rings is 1. The third-order valence-corrected chi connectivity index (χ3v) is 3.60. The van der Waals surface area contributed by atoms with Crippen LogP contribution in [0.4, 0.5) is 0 Å². The molecule has 1 atom stereocenters. The van der Waals surface area contributed by atoms with Crippen molar-refractivity contribution in [3.8, 4) is 0 Å². The van der Waals surface area contributed by atoms with E-state index in [0.29, 0.717) is 6.04 Å². The fraction of sp³-hybridized carbons (Fsp3) is 0.571. The van der Waals surface area contributed by atoms with Gasteiger partial charge in [0.1, 0.15) is 0 Å². The predicted octanol–water partition coefficient (Wildman–Crippen LogP) is 3.33. The van der Waals surface area contributed by atoms with Gasteiger partial charge in [0.25, 0.3) is 0 Å². The molecule has 0 heterocycles. The van der Waals surface area contributed by atoms with Gasteiger partial charge < -0.3 is 10.2 Å². The van der Waals surface area contributed by atoms with Gasteiger partial charge in [0.2, 0.25) is 0 Å². The Morgan fingerprint density at radius 2 is 1.88 bits per heavy atom. The summed E-state index contributed by atoms with van der Waals surface area (Å²) in [5.74, 6) is 0. The van der Waals surface area contributed by atoms with E-state index in [1.807, 2.05) is 25.2 Å². The van der Waals surface area contributed by atoms with Crippen LogP contribution >= 0.6 is 11.6 Å². The third kappa shape index (κ3) is 4.30. The predicted molar refractivity (Wildman–Crippen MR) is 75.7 cm³/mol. The largest absolute Gasteiger partial charge is 0.313 e. The minimum Gasteiger partial charge on any atom is -0.313 e. The molecule has 1 rings (SSSR count). The summed E-state index contributed by atoms with van der Waals surface area (Å²) in [5, 5.41) is 4.20. The summed E-state index contributed by atoms with van der Waals surface area (Å²) in [5.41, 5.74) is 1.20. The first-order chi connectivity index (χ1) is 8.22. The van der Waals surface area contributed by atoms with Crippen LogP contribution in [0.2, 0.25) is 5.02 Å². The van der Waals surface area contributed by atoms with E-state index in [9.17, 15) is 0 Å². The molecule has 0 aliphatic heterocycles. The molecular formula is C14H23ClN2. The SMILES string of the molecule is CCN(CC)CCC(NC)c1ccccc1Cl. The fourth-order valence-electron chi connectivity index (χ4n) is 2.06. The van der Waals surface area contributed by atoms with Gasteiger partial charge in [0, 0.05) is 11.1 Å². The minimum atomic E-state index is 0.337. The standard InChI is InChI=1S/C14H23ClN2/c1-4-17(5-2)11-10-14(16-3)12-8-6-7-9-13(12)15/h6-9,14,16H,4-5,10-11H2,1-3H3. The topological polar surface area (TPSA) is 15.3 Å². The Hall–Kier alpha value is -0.570. The summed E-state index contributed by atoms with van der Waals surface area (Å²) < 4.78 is 0. The van der Waals surface area contributed by atoms with E-state index < -0.39 is 0 Å². The lowest BCUT2D eigenvalue weighted by Gasteiger charge is -2.23. The maximum Gasteiger partial charge on any atom is 0.0453 e. The minimum absolute atomic E-state index is 0.337. The van der Waals surface area contributed by atoms with E-state index in [4.69, 9.17) is 11.6 Å². The van der Waals surface area contributed by atoms with Gasteiger partial charge in [-0.2, -0.15) is 0 Å². The van der Waals surface area contributed by atoms with Crippen molar-refractivity contribution < 1.29 is 0 Å². The van der Waals surface area contributed by atoms with Crippen molar-refractivity contribution in [3.63, 3.8) is 0 Å². The van der Waals surface area contributed by atoms with Crippen LogP contribution in [-0.2, 0) is 0 Å². The average molecular weight is 255 g/mol. The summed E-state index contributed by atoms with van der Waals surface area (Å²) in [6.07, 6.45) is 1.09. The van der Waals surface area contributed by atoms with Gasteiger partial charge in [-0.3, -0.25) is 0 Å². The van der Waals surface area contributed by atoms with Crippen LogP contribution in [0.15, 0.2) is 24.3 Å². The first-order valence-electron chi connectivity index (χ1n) is 6.36. The van der Waals surface area contributed by atoms with Gasteiger partial charge in [-0.15, -0.1) is 0 Å². The molecule has 0 aliphatic carbocycles. The van der Waals surface area contributed by atoms with E-state index in [2.05, 4.69) is 30.1 Å². The van der Waals surface area contributed by atoms with E-state index in [0.717, 1.165) is 31.1 Å². The quantitative estimate of drug-likeness (QED) is 0.803. The van der Waals surface area contributed by atoms with Gasteiger partial charge in [-0.05, 0) is 44.7 Å². The molecule has 96 valence electrons. The summed E-state index contributed by atoms with van der Waals surface area (Å²) in [6.45, 7) is 7.72. The second-order valence-electron chi connectivity index (χ2n) is 4.18. The third-order valence-electron chi connectivity index (χ3n) is 3.26. The Morgan fingerprint density at radius 3 is 2.41 bits per heavy atom. The van der Waals surface area contributed by atoms with Crippen molar-refractivity contribution in [2.24, 2.45) is 0 Å². The van der Waals surface area contributed by atoms with Gasteiger partial charge in [-0.25, -0.2) is 0 Å². The molecule has 0 bridgehead atoms. The zero-order valence-electron chi connectivity index (χ0n) is 11.0. The maximum atomic E-state index is 6.23. The molecule has 2 nitrogen and oxygen atoms in total. The molecule has 3 heteroatoms. The number of hydrogen-bond donors (Lipinski definition) is 1. The lowest BCUT2D eigenvalue weighted by molar-refractivity contribution is 0.284. The van der Waals surface area contributed by atoms with E-state index >= 15 is 0 Å². The van der Waals surface area contributed by atoms with E-state index in [1.54, 1.807) is 0 Å². The molecule has 1 N–H and O–H groups in total. The fourth-order valence-corrected chi connectivity index (χ4v) is 2.33. The molecular weight excluding hydrogens is 232 g/mol. The highest BCUT2D eigenvalue weighted by Crippen LogP contribution is 2.24. The van der Waals surface area contributed by atoms with Crippen LogP contribution in [-0.4, -0.2) is 31.6 Å². The van der Waals surface area contributed by atoms with Gasteiger partial charge in [-0.1, -0.05) is 43.6 Å². The van der Waals surface area contributed by atoms with E-state index in [1.165, 1.54) is 5.56 Å². The molecule has 0 aliphatic rings. The Balaban J connectivity index is 2.63. The first kappa shape index (κ1) is 14.5. The molecule has 1 aromatic carbocycles. The Bertz CT molecular complexity index is 324. The lowest BCUT2D eigenvalue weighted by atomic mass is 10.0. The first-order valence-corrected chi connectivity index (χ1v) is 6.74. The van der Waals surface area contributed by atoms with Crippen LogP contribution in [0.1, 0.15) is 31.9 Å². The number of rotatable bonds is 7. The summed E-state index contributed by atoms with van der Waals surface area (Å²) in [7, 11) is 2.00. The van der Waals surface area contributed by atoms with Crippen molar-refractivity contribution in [1.29, 1.82) is 0 Å². The molecule has 0 radical (unpaired) electrons. The van der Waals surface area contributed by atoms with Crippen molar-refractivity contribution in [2.75, 3.05) is 26.7 Å². The maximum absolute atomic E-state index is 6.23. The zero-order chi connectivity index (χ0) is 12.7. The lowest BCUT2D eigenvalue weighted by Crippen LogP contribution is -2.28. The average Bonchev–Trinajstić information content (AvgIpc) is 2.36. The zero-order valence-corrected chi connectivity index (χ0v) is 11.8. The van der Waals surface area contributed by atoms with Crippen molar-refractivity contribution in [1.82, 2.24) is 10.2 Å². The normalized spacial score (nSPS) is 13.0. The van der Waals surface area contributed by atoms with Crippen LogP contribution in [0.5, 0.6) is 0 Å². The van der Waals surface area contributed by atoms with E-state index in [-0.39, 0.29) is 0 Å². The molecule has 0 aromatic heterocycles. The molecule has 0 saturated carbocycles. The molecule has 1 unspecified atom stereocenters.